The Hall–Kier alpha value is -3.82. The first kappa shape index (κ1) is 31.8. The minimum absolute atomic E-state index is 0.0309. The van der Waals surface area contributed by atoms with Gasteiger partial charge in [-0.2, -0.15) is 9.64 Å². The average molecular weight is 670 g/mol. The minimum atomic E-state index is -3.95. The number of hydrogen-bond acceptors (Lipinski definition) is 9. The molecule has 1 aliphatic heterocycles. The van der Waals surface area contributed by atoms with Crippen molar-refractivity contribution < 1.29 is 17.9 Å². The molecule has 1 fully saturated rings. The zero-order valence-corrected chi connectivity index (χ0v) is 27.9. The Labute approximate surface area is 280 Å². The maximum atomic E-state index is 13.0. The molecule has 1 saturated heterocycles. The second-order valence-electron chi connectivity index (χ2n) is 12.7. The van der Waals surface area contributed by atoms with Crippen LogP contribution in [0.4, 0.5) is 5.13 Å². The van der Waals surface area contributed by atoms with Crippen molar-refractivity contribution >= 4 is 26.7 Å². The molecule has 244 valence electrons. The van der Waals surface area contributed by atoms with Gasteiger partial charge in [0.2, 0.25) is 5.13 Å². The van der Waals surface area contributed by atoms with E-state index < -0.39 is 10.0 Å². The van der Waals surface area contributed by atoms with Crippen molar-refractivity contribution in [2.75, 3.05) is 37.6 Å². The predicted molar refractivity (Wildman–Crippen MR) is 181 cm³/mol. The lowest BCUT2D eigenvalue weighted by atomic mass is 9.54. The summed E-state index contributed by atoms with van der Waals surface area (Å²) >= 11 is 0.939. The van der Waals surface area contributed by atoms with Crippen LogP contribution in [0.1, 0.15) is 78.7 Å². The summed E-state index contributed by atoms with van der Waals surface area (Å²) in [6, 6.07) is 24.4. The highest BCUT2D eigenvalue weighted by atomic mass is 32.2. The van der Waals surface area contributed by atoms with Gasteiger partial charge in [-0.3, -0.25) is 4.72 Å². The lowest BCUT2D eigenvalue weighted by Gasteiger charge is -2.50. The normalized spacial score (nSPS) is 20.7. The molecular weight excluding hydrogens is 631 g/mol. The van der Waals surface area contributed by atoms with Gasteiger partial charge < -0.3 is 14.4 Å². The molecule has 1 atom stereocenters. The molecule has 9 nitrogen and oxygen atoms in total. The number of benzene rings is 3. The van der Waals surface area contributed by atoms with E-state index in [1.165, 1.54) is 53.6 Å². The largest absolute Gasteiger partial charge is 0.487 e. The summed E-state index contributed by atoms with van der Waals surface area (Å²) in [5.74, 6) is 0.816. The molecule has 4 aromatic rings. The number of anilines is 1. The molecule has 3 aromatic carbocycles. The van der Waals surface area contributed by atoms with Gasteiger partial charge in [0.05, 0.1) is 23.7 Å². The molecule has 1 aromatic heterocycles. The standard InChI is InChI=1S/C36H39N5O4S2/c37-23-26-22-28(47(42,43)40-35-38-25-39-46-35)13-14-34(26)45-27(24-44-21-20-41-18-5-6-19-41)8-7-16-36-17-15-29(30-9-1-3-11-32(30)36)31-10-2-4-12-33(31)36/h1-4,9-14,22,25,27,29H,5-8,15-21,24H2,(H,38,39,40). The van der Waals surface area contributed by atoms with Gasteiger partial charge in [0.15, 0.2) is 0 Å². The van der Waals surface area contributed by atoms with Crippen molar-refractivity contribution in [3.63, 3.8) is 0 Å². The van der Waals surface area contributed by atoms with Crippen LogP contribution < -0.4 is 9.46 Å². The van der Waals surface area contributed by atoms with E-state index in [9.17, 15) is 13.7 Å². The van der Waals surface area contributed by atoms with Gasteiger partial charge in [-0.15, -0.1) is 0 Å². The number of ether oxygens (including phenoxy) is 2. The number of hydrogen-bond donors (Lipinski definition) is 1. The van der Waals surface area contributed by atoms with Crippen LogP contribution >= 0.6 is 11.5 Å². The van der Waals surface area contributed by atoms with Crippen LogP contribution in [0.5, 0.6) is 5.75 Å². The van der Waals surface area contributed by atoms with Crippen LogP contribution in [0.25, 0.3) is 0 Å². The SMILES string of the molecule is N#Cc1cc(S(=O)(=O)Nc2ncns2)ccc1OC(CCCC12CCC(c3ccccc31)c1ccccc12)COCCN1CCCC1. The van der Waals surface area contributed by atoms with Gasteiger partial charge in [0.1, 0.15) is 24.3 Å². The Balaban J connectivity index is 1.09. The summed E-state index contributed by atoms with van der Waals surface area (Å²) in [6.07, 6.45) is 8.37. The van der Waals surface area contributed by atoms with Gasteiger partial charge >= 0.3 is 0 Å². The molecule has 0 amide bonds. The molecule has 8 rings (SSSR count). The summed E-state index contributed by atoms with van der Waals surface area (Å²) in [5.41, 5.74) is 5.96. The van der Waals surface area contributed by atoms with Crippen LogP contribution in [0, 0.1) is 11.3 Å². The van der Waals surface area contributed by atoms with E-state index in [0.717, 1.165) is 63.3 Å². The Morgan fingerprint density at radius 1 is 1.06 bits per heavy atom. The summed E-state index contributed by atoms with van der Waals surface area (Å²) in [6.45, 7) is 4.13. The summed E-state index contributed by atoms with van der Waals surface area (Å²) < 4.78 is 44.9. The smallest absolute Gasteiger partial charge is 0.263 e. The molecule has 2 heterocycles. The number of likely N-dealkylation sites (tertiary alicyclic amines) is 1. The van der Waals surface area contributed by atoms with Crippen molar-refractivity contribution in [2.24, 2.45) is 0 Å². The highest BCUT2D eigenvalue weighted by Gasteiger charge is 2.47. The fourth-order valence-electron chi connectivity index (χ4n) is 7.81. The number of nitrogens with zero attached hydrogens (tertiary/aromatic N) is 4. The fraction of sp³-hybridized carbons (Fsp3) is 0.417. The minimum Gasteiger partial charge on any atom is -0.487 e. The molecular formula is C36H39N5O4S2. The van der Waals surface area contributed by atoms with Crippen molar-refractivity contribution in [3.8, 4) is 11.8 Å². The molecule has 0 spiro atoms. The number of sulfonamides is 1. The number of nitrogens with one attached hydrogen (secondary N) is 1. The highest BCUT2D eigenvalue weighted by molar-refractivity contribution is 7.93. The lowest BCUT2D eigenvalue weighted by molar-refractivity contribution is 0.0357. The van der Waals surface area contributed by atoms with Crippen LogP contribution in [0.15, 0.2) is 78.0 Å². The van der Waals surface area contributed by atoms with E-state index in [-0.39, 0.29) is 27.1 Å². The van der Waals surface area contributed by atoms with Crippen molar-refractivity contribution in [3.05, 3.63) is 101 Å². The van der Waals surface area contributed by atoms with Gasteiger partial charge in [0.25, 0.3) is 10.0 Å². The first-order valence-electron chi connectivity index (χ1n) is 16.5. The number of fused-ring (bicyclic) bond motifs is 1. The third kappa shape index (κ3) is 6.52. The highest BCUT2D eigenvalue weighted by Crippen LogP contribution is 2.58. The van der Waals surface area contributed by atoms with Crippen LogP contribution in [-0.2, 0) is 20.2 Å². The number of aromatic nitrogens is 2. The zero-order chi connectivity index (χ0) is 32.3. The van der Waals surface area contributed by atoms with Gasteiger partial charge in [-0.25, -0.2) is 13.4 Å². The Bertz CT molecular complexity index is 1800. The first-order valence-corrected chi connectivity index (χ1v) is 18.7. The molecule has 0 saturated carbocycles. The van der Waals surface area contributed by atoms with Crippen molar-refractivity contribution in [1.29, 1.82) is 5.26 Å². The van der Waals surface area contributed by atoms with E-state index in [0.29, 0.717) is 24.9 Å². The van der Waals surface area contributed by atoms with Crippen LogP contribution in [-0.4, -0.2) is 61.6 Å². The molecule has 3 aliphatic carbocycles. The molecule has 47 heavy (non-hydrogen) atoms. The zero-order valence-electron chi connectivity index (χ0n) is 26.3. The fourth-order valence-corrected chi connectivity index (χ4v) is 9.50. The third-order valence-electron chi connectivity index (χ3n) is 10.0. The average Bonchev–Trinajstić information content (AvgIpc) is 3.82. The Morgan fingerprint density at radius 2 is 1.81 bits per heavy atom. The molecule has 11 heteroatoms. The van der Waals surface area contributed by atoms with Crippen LogP contribution in [0.2, 0.25) is 0 Å². The summed E-state index contributed by atoms with van der Waals surface area (Å²) in [7, 11) is -3.95. The van der Waals surface area contributed by atoms with Gasteiger partial charge in [-0.05, 0) is 98.5 Å². The van der Waals surface area contributed by atoms with E-state index in [2.05, 4.69) is 73.6 Å². The molecule has 0 radical (unpaired) electrons. The van der Waals surface area contributed by atoms with E-state index in [4.69, 9.17) is 9.47 Å². The molecule has 1 N–H and O–H groups in total. The number of rotatable bonds is 14. The van der Waals surface area contributed by atoms with E-state index in [1.54, 1.807) is 6.07 Å². The molecule has 1 unspecified atom stereocenters. The van der Waals surface area contributed by atoms with Gasteiger partial charge in [0, 0.05) is 29.4 Å². The lowest BCUT2D eigenvalue weighted by Crippen LogP contribution is -2.40. The Morgan fingerprint density at radius 3 is 2.51 bits per heavy atom. The number of nitriles is 1. The van der Waals surface area contributed by atoms with Gasteiger partial charge in [-0.1, -0.05) is 48.5 Å². The van der Waals surface area contributed by atoms with Crippen molar-refractivity contribution in [2.45, 2.75) is 67.3 Å². The maximum Gasteiger partial charge on any atom is 0.263 e. The van der Waals surface area contributed by atoms with Crippen molar-refractivity contribution in [1.82, 2.24) is 14.3 Å². The quantitative estimate of drug-likeness (QED) is 0.152. The predicted octanol–water partition coefficient (Wildman–Crippen LogP) is 6.47. The Kier molecular flexibility index (Phi) is 9.28. The monoisotopic (exact) mass is 669 g/mol. The first-order chi connectivity index (χ1) is 23.0. The topological polar surface area (TPSA) is 117 Å². The third-order valence-corrected chi connectivity index (χ3v) is 12.1. The molecule has 2 bridgehead atoms. The molecule has 4 aliphatic rings. The summed E-state index contributed by atoms with van der Waals surface area (Å²) in [5, 5.41) is 10.2. The van der Waals surface area contributed by atoms with E-state index in [1.807, 2.05) is 0 Å². The maximum absolute atomic E-state index is 13.0. The second-order valence-corrected chi connectivity index (χ2v) is 15.2. The van der Waals surface area contributed by atoms with E-state index >= 15 is 0 Å². The second kappa shape index (κ2) is 13.7. The summed E-state index contributed by atoms with van der Waals surface area (Å²) in [4.78, 5) is 6.28. The van der Waals surface area contributed by atoms with Crippen LogP contribution in [0.3, 0.4) is 0 Å².